The molecule has 0 aromatic heterocycles. The molecule has 0 bridgehead atoms. The van der Waals surface area contributed by atoms with Crippen LogP contribution in [0.5, 0.6) is 0 Å². The third-order valence-corrected chi connectivity index (χ3v) is 3.31. The van der Waals surface area contributed by atoms with Gasteiger partial charge in [0.2, 0.25) is 0 Å². The average molecular weight is 218 g/mol. The number of anilines is 1. The molecule has 1 heterocycles. The zero-order valence-corrected chi connectivity index (χ0v) is 10.6. The normalized spacial score (nSPS) is 19.4. The van der Waals surface area contributed by atoms with Gasteiger partial charge in [-0.25, -0.2) is 0 Å². The number of fused-ring (bicyclic) bond motifs is 1. The quantitative estimate of drug-likeness (QED) is 0.839. The molecule has 2 rings (SSSR count). The Morgan fingerprint density at radius 3 is 2.94 bits per heavy atom. The fourth-order valence-corrected chi connectivity index (χ4v) is 2.30. The molecule has 88 valence electrons. The van der Waals surface area contributed by atoms with Gasteiger partial charge >= 0.3 is 0 Å². The maximum absolute atomic E-state index is 3.67. The first-order valence-electron chi connectivity index (χ1n) is 6.16. The minimum absolute atomic E-state index is 0.650. The maximum atomic E-state index is 3.67. The van der Waals surface area contributed by atoms with Crippen LogP contribution in [-0.2, 0) is 6.42 Å². The lowest BCUT2D eigenvalue weighted by Crippen LogP contribution is -2.29. The van der Waals surface area contributed by atoms with E-state index in [4.69, 9.17) is 0 Å². The summed E-state index contributed by atoms with van der Waals surface area (Å²) in [7, 11) is 4.28. The number of rotatable bonds is 3. The van der Waals surface area contributed by atoms with Crippen LogP contribution >= 0.6 is 0 Å². The fraction of sp³-hybridized carbons (Fsp3) is 0.571. The highest BCUT2D eigenvalue weighted by molar-refractivity contribution is 5.55. The summed E-state index contributed by atoms with van der Waals surface area (Å²) in [6, 6.07) is 7.40. The SMILES string of the molecule is Cc1ccc2c(c1)NC(CCN(C)C)CC2. The predicted octanol–water partition coefficient (Wildman–Crippen LogP) is 2.67. The van der Waals surface area contributed by atoms with E-state index in [1.54, 1.807) is 0 Å². The Morgan fingerprint density at radius 2 is 2.19 bits per heavy atom. The van der Waals surface area contributed by atoms with Gasteiger partial charge in [0, 0.05) is 11.7 Å². The Hall–Kier alpha value is -1.02. The number of nitrogens with zero attached hydrogens (tertiary/aromatic N) is 1. The molecule has 0 saturated heterocycles. The zero-order chi connectivity index (χ0) is 11.5. The van der Waals surface area contributed by atoms with Crippen molar-refractivity contribution in [1.29, 1.82) is 0 Å². The first-order valence-corrected chi connectivity index (χ1v) is 6.16. The Kier molecular flexibility index (Phi) is 3.49. The molecule has 2 heteroatoms. The highest BCUT2D eigenvalue weighted by atomic mass is 15.1. The number of nitrogens with one attached hydrogen (secondary N) is 1. The molecule has 0 spiro atoms. The van der Waals surface area contributed by atoms with Crippen LogP contribution in [0.3, 0.4) is 0 Å². The van der Waals surface area contributed by atoms with Crippen molar-refractivity contribution in [3.8, 4) is 0 Å². The smallest absolute Gasteiger partial charge is 0.0377 e. The molecule has 0 fully saturated rings. The van der Waals surface area contributed by atoms with Crippen molar-refractivity contribution in [2.24, 2.45) is 0 Å². The topological polar surface area (TPSA) is 15.3 Å². The molecular weight excluding hydrogens is 196 g/mol. The first kappa shape index (κ1) is 11.5. The number of benzene rings is 1. The van der Waals surface area contributed by atoms with E-state index < -0.39 is 0 Å². The lowest BCUT2D eigenvalue weighted by molar-refractivity contribution is 0.379. The van der Waals surface area contributed by atoms with Crippen LogP contribution < -0.4 is 5.32 Å². The third kappa shape index (κ3) is 2.76. The van der Waals surface area contributed by atoms with Crippen molar-refractivity contribution < 1.29 is 0 Å². The maximum Gasteiger partial charge on any atom is 0.0377 e. The van der Waals surface area contributed by atoms with Gasteiger partial charge in [-0.3, -0.25) is 0 Å². The van der Waals surface area contributed by atoms with Gasteiger partial charge in [-0.15, -0.1) is 0 Å². The Labute approximate surface area is 98.7 Å². The summed E-state index contributed by atoms with van der Waals surface area (Å²) in [4.78, 5) is 2.26. The van der Waals surface area contributed by atoms with Crippen LogP contribution in [0.25, 0.3) is 0 Å². The van der Waals surface area contributed by atoms with Gasteiger partial charge in [0.25, 0.3) is 0 Å². The van der Waals surface area contributed by atoms with Crippen LogP contribution in [0.2, 0.25) is 0 Å². The number of aryl methyl sites for hydroxylation is 2. The van der Waals surface area contributed by atoms with E-state index in [2.05, 4.69) is 49.4 Å². The van der Waals surface area contributed by atoms with Crippen LogP contribution in [0.1, 0.15) is 24.0 Å². The summed E-state index contributed by atoms with van der Waals surface area (Å²) in [5.41, 5.74) is 4.18. The predicted molar refractivity (Wildman–Crippen MR) is 70.1 cm³/mol. The zero-order valence-electron chi connectivity index (χ0n) is 10.6. The largest absolute Gasteiger partial charge is 0.382 e. The lowest BCUT2D eigenvalue weighted by atomic mass is 9.95. The van der Waals surface area contributed by atoms with Gasteiger partial charge in [-0.2, -0.15) is 0 Å². The molecule has 1 N–H and O–H groups in total. The van der Waals surface area contributed by atoms with Gasteiger partial charge in [-0.05, 0) is 64.0 Å². The van der Waals surface area contributed by atoms with E-state index in [1.165, 1.54) is 42.6 Å². The van der Waals surface area contributed by atoms with Crippen molar-refractivity contribution in [2.75, 3.05) is 26.0 Å². The van der Waals surface area contributed by atoms with Crippen molar-refractivity contribution in [1.82, 2.24) is 4.90 Å². The Morgan fingerprint density at radius 1 is 1.38 bits per heavy atom. The molecule has 1 aromatic carbocycles. The van der Waals surface area contributed by atoms with E-state index in [0.717, 1.165) is 0 Å². The molecule has 0 amide bonds. The van der Waals surface area contributed by atoms with E-state index in [1.807, 2.05) is 0 Å². The molecule has 1 unspecified atom stereocenters. The highest BCUT2D eigenvalue weighted by Gasteiger charge is 2.17. The molecule has 0 saturated carbocycles. The second-order valence-electron chi connectivity index (χ2n) is 5.13. The summed E-state index contributed by atoms with van der Waals surface area (Å²) in [5.74, 6) is 0. The lowest BCUT2D eigenvalue weighted by Gasteiger charge is -2.28. The van der Waals surface area contributed by atoms with Crippen LogP contribution in [0.4, 0.5) is 5.69 Å². The minimum atomic E-state index is 0.650. The molecule has 2 nitrogen and oxygen atoms in total. The molecule has 1 aliphatic rings. The molecule has 0 radical (unpaired) electrons. The van der Waals surface area contributed by atoms with E-state index in [0.29, 0.717) is 6.04 Å². The number of hydrogen-bond acceptors (Lipinski definition) is 2. The monoisotopic (exact) mass is 218 g/mol. The first-order chi connectivity index (χ1) is 7.65. The van der Waals surface area contributed by atoms with Gasteiger partial charge in [0.1, 0.15) is 0 Å². The van der Waals surface area contributed by atoms with Crippen LogP contribution in [0.15, 0.2) is 18.2 Å². The molecule has 1 aromatic rings. The highest BCUT2D eigenvalue weighted by Crippen LogP contribution is 2.26. The van der Waals surface area contributed by atoms with Crippen molar-refractivity contribution >= 4 is 5.69 Å². The van der Waals surface area contributed by atoms with Crippen molar-refractivity contribution in [3.05, 3.63) is 29.3 Å². The van der Waals surface area contributed by atoms with Gasteiger partial charge in [0.05, 0.1) is 0 Å². The summed E-state index contributed by atoms with van der Waals surface area (Å²) in [6.07, 6.45) is 3.73. The van der Waals surface area contributed by atoms with E-state index >= 15 is 0 Å². The van der Waals surface area contributed by atoms with Crippen LogP contribution in [0, 0.1) is 6.92 Å². The van der Waals surface area contributed by atoms with Crippen molar-refractivity contribution in [3.63, 3.8) is 0 Å². The van der Waals surface area contributed by atoms with E-state index in [-0.39, 0.29) is 0 Å². The molecule has 1 atom stereocenters. The van der Waals surface area contributed by atoms with Gasteiger partial charge < -0.3 is 10.2 Å². The molecule has 16 heavy (non-hydrogen) atoms. The van der Waals surface area contributed by atoms with Crippen molar-refractivity contribution in [2.45, 2.75) is 32.2 Å². The summed E-state index contributed by atoms with van der Waals surface area (Å²) in [6.45, 7) is 3.32. The second-order valence-corrected chi connectivity index (χ2v) is 5.13. The molecular formula is C14H22N2. The Balaban J connectivity index is 1.99. The van der Waals surface area contributed by atoms with Gasteiger partial charge in [-0.1, -0.05) is 12.1 Å². The summed E-state index contributed by atoms with van der Waals surface area (Å²) < 4.78 is 0. The van der Waals surface area contributed by atoms with Crippen LogP contribution in [-0.4, -0.2) is 31.6 Å². The summed E-state index contributed by atoms with van der Waals surface area (Å²) in [5, 5.41) is 3.67. The molecule has 1 aliphatic heterocycles. The second kappa shape index (κ2) is 4.88. The third-order valence-electron chi connectivity index (χ3n) is 3.31. The minimum Gasteiger partial charge on any atom is -0.382 e. The molecule has 0 aliphatic carbocycles. The van der Waals surface area contributed by atoms with E-state index in [9.17, 15) is 0 Å². The fourth-order valence-electron chi connectivity index (χ4n) is 2.30. The Bertz CT molecular complexity index is 358. The average Bonchev–Trinajstić information content (AvgIpc) is 2.25. The standard InChI is InChI=1S/C14H22N2/c1-11-4-5-12-6-7-13(8-9-16(2)3)15-14(12)10-11/h4-5,10,13,15H,6-9H2,1-3H3. The number of hydrogen-bond donors (Lipinski definition) is 1. The summed E-state index contributed by atoms with van der Waals surface area (Å²) >= 11 is 0. The van der Waals surface area contributed by atoms with Gasteiger partial charge in [0.15, 0.2) is 0 Å².